The van der Waals surface area contributed by atoms with Gasteiger partial charge in [0, 0.05) is 24.5 Å². The van der Waals surface area contributed by atoms with Gasteiger partial charge < -0.3 is 4.74 Å². The molecule has 0 radical (unpaired) electrons. The number of benzene rings is 1. The highest BCUT2D eigenvalue weighted by Gasteiger charge is 2.34. The number of fused-ring (bicyclic) bond motifs is 2. The monoisotopic (exact) mass is 332 g/mol. The summed E-state index contributed by atoms with van der Waals surface area (Å²) >= 11 is 0. The zero-order chi connectivity index (χ0) is 16.7. The first-order chi connectivity index (χ1) is 11.5. The highest BCUT2D eigenvalue weighted by molar-refractivity contribution is 5.75. The van der Waals surface area contributed by atoms with Gasteiger partial charge in [-0.2, -0.15) is 27.8 Å². The number of rotatable bonds is 2. The Bertz CT molecular complexity index is 1050. The van der Waals surface area contributed by atoms with Gasteiger partial charge in [-0.25, -0.2) is 4.98 Å². The van der Waals surface area contributed by atoms with Crippen molar-refractivity contribution in [2.45, 2.75) is 6.18 Å². The Labute approximate surface area is 131 Å². The van der Waals surface area contributed by atoms with Crippen LogP contribution in [0.3, 0.4) is 0 Å². The van der Waals surface area contributed by atoms with Crippen LogP contribution in [0.4, 0.5) is 13.2 Å². The molecule has 0 amide bonds. The maximum Gasteiger partial charge on any atom is 0.433 e. The van der Waals surface area contributed by atoms with Gasteiger partial charge in [-0.15, -0.1) is 0 Å². The predicted molar refractivity (Wildman–Crippen MR) is 75.4 cm³/mol. The Hall–Kier alpha value is -3.30. The molecular formula is C14H7F3N6O. The minimum absolute atomic E-state index is 0.159. The van der Waals surface area contributed by atoms with Crippen LogP contribution in [0.5, 0.6) is 11.6 Å². The zero-order valence-corrected chi connectivity index (χ0v) is 11.8. The van der Waals surface area contributed by atoms with E-state index in [1.54, 1.807) is 24.4 Å². The summed E-state index contributed by atoms with van der Waals surface area (Å²) in [6, 6.07) is 5.57. The molecule has 0 aliphatic heterocycles. The number of nitrogens with zero attached hydrogens (tertiary/aromatic N) is 6. The van der Waals surface area contributed by atoms with Crippen LogP contribution in [0, 0.1) is 0 Å². The van der Waals surface area contributed by atoms with E-state index in [1.165, 1.54) is 6.20 Å². The molecule has 0 bridgehead atoms. The average molecular weight is 332 g/mol. The van der Waals surface area contributed by atoms with Gasteiger partial charge in [0.15, 0.2) is 5.69 Å². The summed E-state index contributed by atoms with van der Waals surface area (Å²) < 4.78 is 45.5. The van der Waals surface area contributed by atoms with Crippen molar-refractivity contribution in [2.24, 2.45) is 0 Å². The summed E-state index contributed by atoms with van der Waals surface area (Å²) in [5.74, 6) is -0.0763. The lowest BCUT2D eigenvalue weighted by atomic mass is 10.3. The third-order valence-corrected chi connectivity index (χ3v) is 3.17. The molecule has 120 valence electrons. The lowest BCUT2D eigenvalue weighted by molar-refractivity contribution is -0.141. The molecule has 0 aliphatic rings. The molecule has 0 unspecified atom stereocenters. The fourth-order valence-corrected chi connectivity index (χ4v) is 2.13. The minimum atomic E-state index is -4.62. The number of ether oxygens (including phenoxy) is 1. The van der Waals surface area contributed by atoms with Crippen molar-refractivity contribution in [3.05, 3.63) is 48.7 Å². The molecule has 4 rings (SSSR count). The molecule has 0 aliphatic carbocycles. The minimum Gasteiger partial charge on any atom is -0.439 e. The molecule has 3 aromatic heterocycles. The number of aromatic nitrogens is 6. The van der Waals surface area contributed by atoms with Gasteiger partial charge in [0.05, 0.1) is 11.0 Å². The standard InChI is InChI=1S/C14H7F3N6O/c15-14(16,17)11-6-12(23-13(22-11)20-7-21-23)24-8-1-2-9-10(5-8)19-4-3-18-9/h1-7H. The van der Waals surface area contributed by atoms with Gasteiger partial charge in [-0.1, -0.05) is 0 Å². The topological polar surface area (TPSA) is 78.1 Å². The summed E-state index contributed by atoms with van der Waals surface area (Å²) in [6.45, 7) is 0. The molecule has 24 heavy (non-hydrogen) atoms. The van der Waals surface area contributed by atoms with Gasteiger partial charge in [0.1, 0.15) is 12.1 Å². The van der Waals surface area contributed by atoms with E-state index in [2.05, 4.69) is 25.0 Å². The molecule has 10 heteroatoms. The summed E-state index contributed by atoms with van der Waals surface area (Å²) in [7, 11) is 0. The lowest BCUT2D eigenvalue weighted by Crippen LogP contribution is -2.10. The van der Waals surface area contributed by atoms with Crippen molar-refractivity contribution in [2.75, 3.05) is 0 Å². The molecule has 1 aromatic carbocycles. The largest absolute Gasteiger partial charge is 0.439 e. The molecule has 0 atom stereocenters. The van der Waals surface area contributed by atoms with Crippen LogP contribution in [0.2, 0.25) is 0 Å². The first kappa shape index (κ1) is 14.3. The Morgan fingerprint density at radius 3 is 2.54 bits per heavy atom. The van der Waals surface area contributed by atoms with Crippen molar-refractivity contribution in [1.29, 1.82) is 0 Å². The highest BCUT2D eigenvalue weighted by atomic mass is 19.4. The average Bonchev–Trinajstić information content (AvgIpc) is 3.03. The smallest absolute Gasteiger partial charge is 0.433 e. The van der Waals surface area contributed by atoms with Crippen molar-refractivity contribution >= 4 is 16.8 Å². The van der Waals surface area contributed by atoms with Gasteiger partial charge in [-0.05, 0) is 12.1 Å². The zero-order valence-electron chi connectivity index (χ0n) is 11.8. The maximum atomic E-state index is 13.0. The summed E-state index contributed by atoms with van der Waals surface area (Å²) in [6.07, 6.45) is -0.474. The van der Waals surface area contributed by atoms with Crippen molar-refractivity contribution in [3.63, 3.8) is 0 Å². The SMILES string of the molecule is FC(F)(F)c1cc(Oc2ccc3nccnc3c2)n2ncnc2n1. The van der Waals surface area contributed by atoms with Gasteiger partial charge in [0.2, 0.25) is 5.88 Å². The van der Waals surface area contributed by atoms with E-state index in [0.29, 0.717) is 16.8 Å². The van der Waals surface area contributed by atoms with Crippen LogP contribution < -0.4 is 4.74 Å². The quantitative estimate of drug-likeness (QED) is 0.562. The molecule has 0 fully saturated rings. The van der Waals surface area contributed by atoms with E-state index in [0.717, 1.165) is 16.9 Å². The van der Waals surface area contributed by atoms with Gasteiger partial charge >= 0.3 is 6.18 Å². The number of hydrogen-bond donors (Lipinski definition) is 0. The molecule has 4 aromatic rings. The van der Waals surface area contributed by atoms with E-state index in [1.807, 2.05) is 0 Å². The molecule has 3 heterocycles. The Morgan fingerprint density at radius 2 is 1.75 bits per heavy atom. The Kier molecular flexibility index (Phi) is 3.05. The molecule has 0 spiro atoms. The number of halogens is 3. The Morgan fingerprint density at radius 1 is 0.958 bits per heavy atom. The van der Waals surface area contributed by atoms with E-state index >= 15 is 0 Å². The number of hydrogen-bond acceptors (Lipinski definition) is 6. The van der Waals surface area contributed by atoms with Crippen molar-refractivity contribution in [1.82, 2.24) is 29.5 Å². The van der Waals surface area contributed by atoms with Gasteiger partial charge in [0.25, 0.3) is 5.78 Å². The molecule has 7 nitrogen and oxygen atoms in total. The normalized spacial score (nSPS) is 12.0. The van der Waals surface area contributed by atoms with Crippen molar-refractivity contribution < 1.29 is 17.9 Å². The molecule has 0 saturated heterocycles. The van der Waals surface area contributed by atoms with E-state index < -0.39 is 11.9 Å². The molecular weight excluding hydrogens is 325 g/mol. The Balaban J connectivity index is 1.81. The van der Waals surface area contributed by atoms with E-state index in [4.69, 9.17) is 4.74 Å². The summed E-state index contributed by atoms with van der Waals surface area (Å²) in [5.41, 5.74) is 0.0787. The molecule has 0 saturated carbocycles. The van der Waals surface area contributed by atoms with Gasteiger partial charge in [-0.3, -0.25) is 9.97 Å². The van der Waals surface area contributed by atoms with Crippen LogP contribution in [0.15, 0.2) is 43.0 Å². The third kappa shape index (κ3) is 2.47. The van der Waals surface area contributed by atoms with Crippen LogP contribution >= 0.6 is 0 Å². The number of alkyl halides is 3. The fraction of sp³-hybridized carbons (Fsp3) is 0.0714. The molecule has 0 N–H and O–H groups in total. The summed E-state index contributed by atoms with van der Waals surface area (Å²) in [4.78, 5) is 15.3. The van der Waals surface area contributed by atoms with Crippen molar-refractivity contribution in [3.8, 4) is 11.6 Å². The fourth-order valence-electron chi connectivity index (χ4n) is 2.13. The second kappa shape index (κ2) is 5.11. The summed E-state index contributed by atoms with van der Waals surface area (Å²) in [5, 5.41) is 3.82. The van der Waals surface area contributed by atoms with Crippen LogP contribution in [0.1, 0.15) is 5.69 Å². The van der Waals surface area contributed by atoms with Crippen LogP contribution in [0.25, 0.3) is 16.8 Å². The predicted octanol–water partition coefficient (Wildman–Crippen LogP) is 2.88. The van der Waals surface area contributed by atoms with Crippen LogP contribution in [-0.2, 0) is 6.18 Å². The first-order valence-corrected chi connectivity index (χ1v) is 6.67. The highest BCUT2D eigenvalue weighted by Crippen LogP contribution is 2.32. The van der Waals surface area contributed by atoms with Crippen LogP contribution in [-0.4, -0.2) is 29.5 Å². The first-order valence-electron chi connectivity index (χ1n) is 6.67. The van der Waals surface area contributed by atoms with E-state index in [-0.39, 0.29) is 11.7 Å². The van der Waals surface area contributed by atoms with E-state index in [9.17, 15) is 13.2 Å². The lowest BCUT2D eigenvalue weighted by Gasteiger charge is -2.10. The second-order valence-corrected chi connectivity index (χ2v) is 4.76. The maximum absolute atomic E-state index is 13.0. The second-order valence-electron chi connectivity index (χ2n) is 4.76. The third-order valence-electron chi connectivity index (χ3n) is 3.17.